The average Bonchev–Trinajstić information content (AvgIpc) is 2.14. The van der Waals surface area contributed by atoms with E-state index in [1.165, 1.54) is 18.2 Å². The van der Waals surface area contributed by atoms with Gasteiger partial charge >= 0.3 is 0 Å². The molecular formula is C13H19NO4. The first kappa shape index (κ1) is 14.3. The topological polar surface area (TPSA) is 89.8 Å². The van der Waals surface area contributed by atoms with Gasteiger partial charge in [0.05, 0.1) is 11.1 Å². The lowest BCUT2D eigenvalue weighted by atomic mass is 9.85. The van der Waals surface area contributed by atoms with Gasteiger partial charge < -0.3 is 20.6 Å². The average molecular weight is 253 g/mol. The van der Waals surface area contributed by atoms with Crippen molar-refractivity contribution in [3.05, 3.63) is 23.8 Å². The minimum Gasteiger partial charge on any atom is -0.507 e. The van der Waals surface area contributed by atoms with E-state index in [2.05, 4.69) is 5.32 Å². The van der Waals surface area contributed by atoms with Crippen LogP contribution in [0.25, 0.3) is 0 Å². The molecule has 0 spiro atoms. The summed E-state index contributed by atoms with van der Waals surface area (Å²) in [5, 5.41) is 31.7. The number of benzene rings is 1. The number of rotatable bonds is 3. The van der Waals surface area contributed by atoms with Crippen molar-refractivity contribution in [1.29, 1.82) is 0 Å². The van der Waals surface area contributed by atoms with Gasteiger partial charge in [-0.3, -0.25) is 4.79 Å². The lowest BCUT2D eigenvalue weighted by molar-refractivity contribution is -0.00303. The largest absolute Gasteiger partial charge is 0.507 e. The van der Waals surface area contributed by atoms with E-state index in [1.54, 1.807) is 27.7 Å². The SMILES string of the molecule is CC(C)(O)C(C)(C)NC(=O)c1c(O)cccc1O. The van der Waals surface area contributed by atoms with Crippen LogP contribution < -0.4 is 5.32 Å². The molecule has 1 aromatic rings. The van der Waals surface area contributed by atoms with Crippen LogP contribution in [-0.4, -0.2) is 32.4 Å². The number of hydrogen-bond donors (Lipinski definition) is 4. The summed E-state index contributed by atoms with van der Waals surface area (Å²) in [6, 6.07) is 4.06. The Morgan fingerprint density at radius 1 is 1.11 bits per heavy atom. The van der Waals surface area contributed by atoms with E-state index in [0.29, 0.717) is 0 Å². The molecule has 0 radical (unpaired) electrons. The lowest BCUT2D eigenvalue weighted by Gasteiger charge is -2.38. The number of hydrogen-bond acceptors (Lipinski definition) is 4. The van der Waals surface area contributed by atoms with Gasteiger partial charge in [-0.15, -0.1) is 0 Å². The first-order chi connectivity index (χ1) is 8.06. The summed E-state index contributed by atoms with van der Waals surface area (Å²) in [6.45, 7) is 6.44. The van der Waals surface area contributed by atoms with E-state index >= 15 is 0 Å². The molecule has 0 aliphatic carbocycles. The van der Waals surface area contributed by atoms with Crippen molar-refractivity contribution >= 4 is 5.91 Å². The van der Waals surface area contributed by atoms with E-state index in [9.17, 15) is 20.1 Å². The number of nitrogens with one attached hydrogen (secondary N) is 1. The molecule has 1 rings (SSSR count). The van der Waals surface area contributed by atoms with Crippen LogP contribution >= 0.6 is 0 Å². The van der Waals surface area contributed by atoms with Crippen LogP contribution in [0.5, 0.6) is 11.5 Å². The Bertz CT molecular complexity index is 440. The Labute approximate surface area is 106 Å². The fourth-order valence-corrected chi connectivity index (χ4v) is 1.26. The highest BCUT2D eigenvalue weighted by atomic mass is 16.3. The van der Waals surface area contributed by atoms with Crippen molar-refractivity contribution in [1.82, 2.24) is 5.32 Å². The van der Waals surface area contributed by atoms with Gasteiger partial charge in [-0.2, -0.15) is 0 Å². The molecule has 18 heavy (non-hydrogen) atoms. The van der Waals surface area contributed by atoms with E-state index in [1.807, 2.05) is 0 Å². The van der Waals surface area contributed by atoms with Crippen LogP contribution in [0.15, 0.2) is 18.2 Å². The van der Waals surface area contributed by atoms with E-state index in [-0.39, 0.29) is 17.1 Å². The fourth-order valence-electron chi connectivity index (χ4n) is 1.26. The molecule has 0 heterocycles. The maximum atomic E-state index is 12.0. The third-order valence-electron chi connectivity index (χ3n) is 3.20. The lowest BCUT2D eigenvalue weighted by Crippen LogP contribution is -2.57. The van der Waals surface area contributed by atoms with Crippen molar-refractivity contribution in [3.8, 4) is 11.5 Å². The van der Waals surface area contributed by atoms with Crippen molar-refractivity contribution in [3.63, 3.8) is 0 Å². The normalized spacial score (nSPS) is 12.3. The van der Waals surface area contributed by atoms with Gasteiger partial charge in [0.15, 0.2) is 0 Å². The first-order valence-electron chi connectivity index (χ1n) is 5.62. The number of aliphatic hydroxyl groups is 1. The second-order valence-corrected chi connectivity index (χ2v) is 5.31. The minimum absolute atomic E-state index is 0.199. The van der Waals surface area contributed by atoms with Gasteiger partial charge in [0.2, 0.25) is 0 Å². The van der Waals surface area contributed by atoms with Crippen LogP contribution in [0.4, 0.5) is 0 Å². The molecule has 0 bridgehead atoms. The Kier molecular flexibility index (Phi) is 3.57. The van der Waals surface area contributed by atoms with Crippen LogP contribution in [-0.2, 0) is 0 Å². The minimum atomic E-state index is -1.15. The van der Waals surface area contributed by atoms with Crippen LogP contribution in [0.2, 0.25) is 0 Å². The first-order valence-corrected chi connectivity index (χ1v) is 5.62. The third kappa shape index (κ3) is 2.73. The number of phenols is 2. The Morgan fingerprint density at radius 3 is 1.94 bits per heavy atom. The number of amides is 1. The van der Waals surface area contributed by atoms with Crippen LogP contribution in [0, 0.1) is 0 Å². The van der Waals surface area contributed by atoms with Gasteiger partial charge in [-0.1, -0.05) is 6.07 Å². The van der Waals surface area contributed by atoms with Gasteiger partial charge in [0.1, 0.15) is 17.1 Å². The summed E-state index contributed by atoms with van der Waals surface area (Å²) in [4.78, 5) is 12.0. The van der Waals surface area contributed by atoms with Gasteiger partial charge in [0, 0.05) is 0 Å². The molecule has 0 fully saturated rings. The number of phenolic OH excluding ortho intramolecular Hbond substituents is 2. The van der Waals surface area contributed by atoms with Crippen molar-refractivity contribution in [2.45, 2.75) is 38.8 Å². The molecule has 0 atom stereocenters. The molecule has 0 saturated carbocycles. The van der Waals surface area contributed by atoms with E-state index in [4.69, 9.17) is 0 Å². The summed E-state index contributed by atoms with van der Waals surface area (Å²) in [6.07, 6.45) is 0. The molecule has 1 amide bonds. The summed E-state index contributed by atoms with van der Waals surface area (Å²) in [7, 11) is 0. The maximum Gasteiger partial charge on any atom is 0.259 e. The predicted octanol–water partition coefficient (Wildman–Crippen LogP) is 1.38. The number of carbonyl (C=O) groups excluding carboxylic acids is 1. The molecule has 100 valence electrons. The summed E-state index contributed by atoms with van der Waals surface area (Å²) < 4.78 is 0. The predicted molar refractivity (Wildman–Crippen MR) is 67.6 cm³/mol. The molecule has 5 heteroatoms. The van der Waals surface area contributed by atoms with Crippen molar-refractivity contribution in [2.24, 2.45) is 0 Å². The molecule has 0 unspecified atom stereocenters. The molecule has 0 aliphatic rings. The second-order valence-electron chi connectivity index (χ2n) is 5.31. The zero-order valence-corrected chi connectivity index (χ0v) is 11.0. The highest BCUT2D eigenvalue weighted by Crippen LogP contribution is 2.28. The highest BCUT2D eigenvalue weighted by Gasteiger charge is 2.37. The van der Waals surface area contributed by atoms with Crippen molar-refractivity contribution in [2.75, 3.05) is 0 Å². The molecular weight excluding hydrogens is 234 g/mol. The second kappa shape index (κ2) is 4.49. The molecule has 0 saturated heterocycles. The monoisotopic (exact) mass is 253 g/mol. The standard InChI is InChI=1S/C13H19NO4/c1-12(2,13(3,4)18)14-11(17)10-8(15)6-5-7-9(10)16/h5-7,15-16,18H,1-4H3,(H,14,17). The third-order valence-corrected chi connectivity index (χ3v) is 3.20. The summed E-state index contributed by atoms with van der Waals surface area (Å²) in [5.74, 6) is -1.25. The quantitative estimate of drug-likeness (QED) is 0.655. The molecule has 1 aromatic carbocycles. The van der Waals surface area contributed by atoms with Gasteiger partial charge in [-0.25, -0.2) is 0 Å². The molecule has 4 N–H and O–H groups in total. The van der Waals surface area contributed by atoms with Crippen LogP contribution in [0.3, 0.4) is 0 Å². The number of aromatic hydroxyl groups is 2. The Balaban J connectivity index is 3.04. The molecule has 0 aliphatic heterocycles. The van der Waals surface area contributed by atoms with E-state index < -0.39 is 17.0 Å². The van der Waals surface area contributed by atoms with Gasteiger partial charge in [-0.05, 0) is 39.8 Å². The van der Waals surface area contributed by atoms with Crippen LogP contribution in [0.1, 0.15) is 38.1 Å². The van der Waals surface area contributed by atoms with E-state index in [0.717, 1.165) is 0 Å². The molecule has 0 aromatic heterocycles. The number of carbonyl (C=O) groups is 1. The zero-order chi connectivity index (χ0) is 14.1. The zero-order valence-electron chi connectivity index (χ0n) is 11.0. The summed E-state index contributed by atoms with van der Waals surface area (Å²) >= 11 is 0. The molecule has 5 nitrogen and oxygen atoms in total. The summed E-state index contributed by atoms with van der Waals surface area (Å²) in [5.41, 5.74) is -2.27. The van der Waals surface area contributed by atoms with Crippen molar-refractivity contribution < 1.29 is 20.1 Å². The smallest absolute Gasteiger partial charge is 0.259 e. The highest BCUT2D eigenvalue weighted by molar-refractivity contribution is 5.99. The fraction of sp³-hybridized carbons (Fsp3) is 0.462. The Morgan fingerprint density at radius 2 is 1.56 bits per heavy atom. The maximum absolute atomic E-state index is 12.0. The Hall–Kier alpha value is -1.75. The van der Waals surface area contributed by atoms with Gasteiger partial charge in [0.25, 0.3) is 5.91 Å².